The monoisotopic (exact) mass is 261 g/mol. The molecule has 0 bridgehead atoms. The number of nitrogens with one attached hydrogen (secondary N) is 2. The van der Waals surface area contributed by atoms with Crippen molar-refractivity contribution in [3.63, 3.8) is 0 Å². The standard InChI is InChI=1S/C13H15N3O3/c1-3-19-10-5-4-9(8-11(10)18-2)13(17)15-12-6-7-14-16-12/h4-8H,3H2,1-2H3,(H2,14,15,16,17). The molecule has 2 N–H and O–H groups in total. The number of benzene rings is 1. The van der Waals surface area contributed by atoms with E-state index in [1.165, 1.54) is 7.11 Å². The van der Waals surface area contributed by atoms with Crippen LogP contribution in [0.15, 0.2) is 30.5 Å². The Morgan fingerprint density at radius 3 is 2.84 bits per heavy atom. The molecule has 0 aliphatic rings. The van der Waals surface area contributed by atoms with Gasteiger partial charge in [-0.2, -0.15) is 5.10 Å². The van der Waals surface area contributed by atoms with Crippen LogP contribution in [-0.2, 0) is 0 Å². The first-order chi connectivity index (χ1) is 9.24. The molecule has 0 saturated heterocycles. The number of methoxy groups -OCH3 is 1. The molecular weight excluding hydrogens is 246 g/mol. The highest BCUT2D eigenvalue weighted by molar-refractivity contribution is 6.04. The summed E-state index contributed by atoms with van der Waals surface area (Å²) in [6.45, 7) is 2.42. The third-order valence-corrected chi connectivity index (χ3v) is 2.47. The second-order valence-electron chi connectivity index (χ2n) is 3.72. The maximum atomic E-state index is 12.0. The quantitative estimate of drug-likeness (QED) is 0.863. The van der Waals surface area contributed by atoms with Crippen LogP contribution >= 0.6 is 0 Å². The molecule has 0 aliphatic carbocycles. The second-order valence-corrected chi connectivity index (χ2v) is 3.72. The van der Waals surface area contributed by atoms with Crippen molar-refractivity contribution >= 4 is 11.7 Å². The van der Waals surface area contributed by atoms with Gasteiger partial charge in [-0.1, -0.05) is 0 Å². The van der Waals surface area contributed by atoms with Crippen LogP contribution < -0.4 is 14.8 Å². The highest BCUT2D eigenvalue weighted by atomic mass is 16.5. The van der Waals surface area contributed by atoms with Crippen LogP contribution in [0.25, 0.3) is 0 Å². The van der Waals surface area contributed by atoms with Gasteiger partial charge in [0.15, 0.2) is 11.5 Å². The summed E-state index contributed by atoms with van der Waals surface area (Å²) in [4.78, 5) is 12.0. The summed E-state index contributed by atoms with van der Waals surface area (Å²) >= 11 is 0. The summed E-state index contributed by atoms with van der Waals surface area (Å²) in [5.74, 6) is 1.44. The van der Waals surface area contributed by atoms with Crippen LogP contribution in [0.1, 0.15) is 17.3 Å². The number of nitrogens with zero attached hydrogens (tertiary/aromatic N) is 1. The number of anilines is 1. The van der Waals surface area contributed by atoms with E-state index in [1.54, 1.807) is 30.5 Å². The predicted octanol–water partition coefficient (Wildman–Crippen LogP) is 2.07. The van der Waals surface area contributed by atoms with E-state index < -0.39 is 0 Å². The van der Waals surface area contributed by atoms with Gasteiger partial charge in [0.05, 0.1) is 19.9 Å². The Kier molecular flexibility index (Phi) is 4.02. The molecule has 0 atom stereocenters. The van der Waals surface area contributed by atoms with Crippen LogP contribution in [-0.4, -0.2) is 29.8 Å². The maximum absolute atomic E-state index is 12.0. The minimum atomic E-state index is -0.245. The molecule has 0 radical (unpaired) electrons. The van der Waals surface area contributed by atoms with Gasteiger partial charge < -0.3 is 14.8 Å². The van der Waals surface area contributed by atoms with E-state index in [9.17, 15) is 4.79 Å². The van der Waals surface area contributed by atoms with E-state index in [2.05, 4.69) is 15.5 Å². The summed E-state index contributed by atoms with van der Waals surface area (Å²) < 4.78 is 10.6. The predicted molar refractivity (Wildman–Crippen MR) is 70.7 cm³/mol. The highest BCUT2D eigenvalue weighted by Crippen LogP contribution is 2.28. The van der Waals surface area contributed by atoms with Crippen molar-refractivity contribution in [2.24, 2.45) is 0 Å². The van der Waals surface area contributed by atoms with Crippen molar-refractivity contribution in [1.82, 2.24) is 10.2 Å². The lowest BCUT2D eigenvalue weighted by atomic mass is 10.2. The number of hydrogen-bond acceptors (Lipinski definition) is 4. The molecule has 1 heterocycles. The molecule has 2 aromatic rings. The van der Waals surface area contributed by atoms with Crippen LogP contribution in [0.3, 0.4) is 0 Å². The van der Waals surface area contributed by atoms with Gasteiger partial charge >= 0.3 is 0 Å². The molecule has 2 rings (SSSR count). The normalized spacial score (nSPS) is 10.0. The number of ether oxygens (including phenoxy) is 2. The van der Waals surface area contributed by atoms with E-state index in [1.807, 2.05) is 6.92 Å². The van der Waals surface area contributed by atoms with Crippen LogP contribution in [0.4, 0.5) is 5.82 Å². The molecule has 0 spiro atoms. The molecular formula is C13H15N3O3. The minimum Gasteiger partial charge on any atom is -0.493 e. The Bertz CT molecular complexity index is 552. The SMILES string of the molecule is CCOc1ccc(C(=O)Nc2ccn[nH]2)cc1OC. The number of amides is 1. The minimum absolute atomic E-state index is 0.245. The fourth-order valence-electron chi connectivity index (χ4n) is 1.60. The van der Waals surface area contributed by atoms with E-state index in [0.717, 1.165) is 0 Å². The van der Waals surface area contributed by atoms with Crippen molar-refractivity contribution in [3.05, 3.63) is 36.0 Å². The molecule has 1 amide bonds. The summed E-state index contributed by atoms with van der Waals surface area (Å²) in [6, 6.07) is 6.70. The number of aromatic amines is 1. The molecule has 0 unspecified atom stereocenters. The van der Waals surface area contributed by atoms with Gasteiger partial charge in [-0.05, 0) is 25.1 Å². The van der Waals surface area contributed by atoms with E-state index in [0.29, 0.717) is 29.5 Å². The Balaban J connectivity index is 2.18. The average molecular weight is 261 g/mol. The molecule has 1 aromatic heterocycles. The van der Waals surface area contributed by atoms with Gasteiger partial charge in [0.25, 0.3) is 5.91 Å². The summed E-state index contributed by atoms with van der Waals surface area (Å²) in [5.41, 5.74) is 0.481. The van der Waals surface area contributed by atoms with Gasteiger partial charge in [-0.15, -0.1) is 0 Å². The molecule has 19 heavy (non-hydrogen) atoms. The molecule has 6 heteroatoms. The van der Waals surface area contributed by atoms with Crippen LogP contribution in [0.5, 0.6) is 11.5 Å². The second kappa shape index (κ2) is 5.90. The molecule has 0 aliphatic heterocycles. The Morgan fingerprint density at radius 1 is 1.37 bits per heavy atom. The lowest BCUT2D eigenvalue weighted by Gasteiger charge is -2.10. The van der Waals surface area contributed by atoms with Crippen molar-refractivity contribution in [1.29, 1.82) is 0 Å². The van der Waals surface area contributed by atoms with Crippen molar-refractivity contribution in [3.8, 4) is 11.5 Å². The Labute approximate surface area is 110 Å². The summed E-state index contributed by atoms with van der Waals surface area (Å²) in [7, 11) is 1.54. The first kappa shape index (κ1) is 12.9. The summed E-state index contributed by atoms with van der Waals surface area (Å²) in [5, 5.41) is 9.10. The Morgan fingerprint density at radius 2 is 2.21 bits per heavy atom. The fraction of sp³-hybridized carbons (Fsp3) is 0.231. The van der Waals surface area contributed by atoms with Gasteiger partial charge in [-0.3, -0.25) is 9.89 Å². The van der Waals surface area contributed by atoms with Gasteiger partial charge in [-0.25, -0.2) is 0 Å². The molecule has 1 aromatic carbocycles. The first-order valence-corrected chi connectivity index (χ1v) is 5.86. The molecule has 100 valence electrons. The zero-order valence-corrected chi connectivity index (χ0v) is 10.8. The third-order valence-electron chi connectivity index (χ3n) is 2.47. The fourth-order valence-corrected chi connectivity index (χ4v) is 1.60. The number of H-pyrrole nitrogens is 1. The Hall–Kier alpha value is -2.50. The number of carbonyl (C=O) groups excluding carboxylic acids is 1. The highest BCUT2D eigenvalue weighted by Gasteiger charge is 2.11. The number of rotatable bonds is 5. The molecule has 6 nitrogen and oxygen atoms in total. The largest absolute Gasteiger partial charge is 0.493 e. The zero-order valence-electron chi connectivity index (χ0n) is 10.8. The van der Waals surface area contributed by atoms with Crippen molar-refractivity contribution in [2.45, 2.75) is 6.92 Å². The number of carbonyl (C=O) groups is 1. The van der Waals surface area contributed by atoms with Crippen molar-refractivity contribution in [2.75, 3.05) is 19.0 Å². The zero-order chi connectivity index (χ0) is 13.7. The number of aromatic nitrogens is 2. The first-order valence-electron chi connectivity index (χ1n) is 5.86. The van der Waals surface area contributed by atoms with Gasteiger partial charge in [0, 0.05) is 11.6 Å². The molecule has 0 fully saturated rings. The smallest absolute Gasteiger partial charge is 0.256 e. The van der Waals surface area contributed by atoms with Crippen LogP contribution in [0, 0.1) is 0 Å². The van der Waals surface area contributed by atoms with Crippen molar-refractivity contribution < 1.29 is 14.3 Å². The van der Waals surface area contributed by atoms with Crippen LogP contribution in [0.2, 0.25) is 0 Å². The van der Waals surface area contributed by atoms with E-state index >= 15 is 0 Å². The van der Waals surface area contributed by atoms with Gasteiger partial charge in [0.1, 0.15) is 5.82 Å². The number of hydrogen-bond donors (Lipinski definition) is 2. The third kappa shape index (κ3) is 3.04. The average Bonchev–Trinajstić information content (AvgIpc) is 2.92. The summed E-state index contributed by atoms with van der Waals surface area (Å²) in [6.07, 6.45) is 1.56. The van der Waals surface area contributed by atoms with E-state index in [4.69, 9.17) is 9.47 Å². The topological polar surface area (TPSA) is 76.2 Å². The lowest BCUT2D eigenvalue weighted by Crippen LogP contribution is -2.12. The molecule has 0 saturated carbocycles. The van der Waals surface area contributed by atoms with E-state index in [-0.39, 0.29) is 5.91 Å². The lowest BCUT2D eigenvalue weighted by molar-refractivity contribution is 0.102. The maximum Gasteiger partial charge on any atom is 0.256 e. The van der Waals surface area contributed by atoms with Gasteiger partial charge in [0.2, 0.25) is 0 Å².